The van der Waals surface area contributed by atoms with Crippen molar-refractivity contribution in [3.05, 3.63) is 24.0 Å². The van der Waals surface area contributed by atoms with Crippen LogP contribution < -0.4 is 10.5 Å². The van der Waals surface area contributed by atoms with Crippen LogP contribution in [0.15, 0.2) is 23.2 Å². The number of hydrogen-bond donors (Lipinski definition) is 1. The Labute approximate surface area is 112 Å². The molecule has 2 N–H and O–H groups in total. The normalized spacial score (nSPS) is 12.6. The lowest BCUT2D eigenvalue weighted by Gasteiger charge is -2.19. The first-order valence-electron chi connectivity index (χ1n) is 5.64. The maximum absolute atomic E-state index is 13.7. The number of aliphatic imine (C=N–C) groups is 1. The first-order chi connectivity index (χ1) is 8.33. The topological polar surface area (TPSA) is 47.6 Å². The number of halogens is 2. The number of para-hydroxylation sites is 1. The molecule has 1 aromatic carbocycles. The van der Waals surface area contributed by atoms with Crippen LogP contribution in [0.1, 0.15) is 20.8 Å². The Bertz CT molecular complexity index is 441. The number of amidine groups is 1. The summed E-state index contributed by atoms with van der Waals surface area (Å²) in [6.45, 7) is 6.55. The number of nitrogens with zero attached hydrogens (tertiary/aromatic N) is 1. The summed E-state index contributed by atoms with van der Waals surface area (Å²) >= 11 is 5.54. The van der Waals surface area contributed by atoms with Crippen molar-refractivity contribution in [1.29, 1.82) is 0 Å². The summed E-state index contributed by atoms with van der Waals surface area (Å²) in [4.78, 5) is 3.94. The van der Waals surface area contributed by atoms with Gasteiger partial charge in [0.25, 0.3) is 0 Å². The summed E-state index contributed by atoms with van der Waals surface area (Å²) in [7, 11) is 0. The predicted octanol–water partition coefficient (Wildman–Crippen LogP) is 3.48. The van der Waals surface area contributed by atoms with Crippen LogP contribution in [0.3, 0.4) is 0 Å². The van der Waals surface area contributed by atoms with Crippen molar-refractivity contribution >= 4 is 23.1 Å². The van der Waals surface area contributed by atoms with E-state index in [9.17, 15) is 4.39 Å². The van der Waals surface area contributed by atoms with E-state index in [4.69, 9.17) is 22.1 Å². The second-order valence-electron chi connectivity index (χ2n) is 5.17. The maximum atomic E-state index is 13.7. The van der Waals surface area contributed by atoms with Crippen LogP contribution >= 0.6 is 11.6 Å². The Morgan fingerprint density at radius 1 is 1.44 bits per heavy atom. The number of benzene rings is 1. The summed E-state index contributed by atoms with van der Waals surface area (Å²) in [6, 6.07) is 4.54. The van der Waals surface area contributed by atoms with E-state index in [1.54, 1.807) is 12.1 Å². The van der Waals surface area contributed by atoms with Crippen molar-refractivity contribution in [3.8, 4) is 5.75 Å². The van der Waals surface area contributed by atoms with E-state index in [1.165, 1.54) is 6.07 Å². The average Bonchev–Trinajstić information content (AvgIpc) is 2.28. The third-order valence-electron chi connectivity index (χ3n) is 2.00. The molecule has 0 bridgehead atoms. The molecule has 0 spiro atoms. The minimum Gasteiger partial charge on any atom is -0.491 e. The third-order valence-corrected chi connectivity index (χ3v) is 2.28. The van der Waals surface area contributed by atoms with E-state index in [0.717, 1.165) is 0 Å². The lowest BCUT2D eigenvalue weighted by Crippen LogP contribution is -2.17. The van der Waals surface area contributed by atoms with E-state index in [0.29, 0.717) is 12.4 Å². The molecule has 0 aliphatic rings. The summed E-state index contributed by atoms with van der Waals surface area (Å²) < 4.78 is 19.3. The van der Waals surface area contributed by atoms with Gasteiger partial charge in [-0.2, -0.15) is 0 Å². The zero-order valence-electron chi connectivity index (χ0n) is 10.8. The molecule has 18 heavy (non-hydrogen) atoms. The van der Waals surface area contributed by atoms with Gasteiger partial charge in [0.15, 0.2) is 5.82 Å². The molecule has 0 aromatic heterocycles. The van der Waals surface area contributed by atoms with Gasteiger partial charge in [-0.05, 0) is 17.5 Å². The Kier molecular flexibility index (Phi) is 4.96. The Morgan fingerprint density at radius 2 is 2.11 bits per heavy atom. The smallest absolute Gasteiger partial charge is 0.152 e. The Hall–Kier alpha value is -1.29. The molecule has 1 aromatic rings. The number of ether oxygens (including phenoxy) is 1. The molecular weight excluding hydrogens is 255 g/mol. The lowest BCUT2D eigenvalue weighted by atomic mass is 9.99. The minimum absolute atomic E-state index is 0.0225. The van der Waals surface area contributed by atoms with E-state index >= 15 is 0 Å². The fourth-order valence-electron chi connectivity index (χ4n) is 1.19. The van der Waals surface area contributed by atoms with E-state index in [2.05, 4.69) is 4.99 Å². The molecule has 1 rings (SSSR count). The van der Waals surface area contributed by atoms with Gasteiger partial charge in [0.1, 0.15) is 17.3 Å². The summed E-state index contributed by atoms with van der Waals surface area (Å²) in [5.41, 5.74) is 5.60. The van der Waals surface area contributed by atoms with Crippen LogP contribution in [-0.2, 0) is 0 Å². The van der Waals surface area contributed by atoms with Gasteiger partial charge in [-0.1, -0.05) is 26.8 Å². The van der Waals surface area contributed by atoms with Gasteiger partial charge in [0.05, 0.1) is 12.5 Å². The molecule has 0 heterocycles. The minimum atomic E-state index is -0.477. The van der Waals surface area contributed by atoms with Crippen molar-refractivity contribution in [2.24, 2.45) is 16.1 Å². The first kappa shape index (κ1) is 14.8. The molecule has 100 valence electrons. The van der Waals surface area contributed by atoms with Crippen LogP contribution in [0.25, 0.3) is 0 Å². The maximum Gasteiger partial charge on any atom is 0.152 e. The third kappa shape index (κ3) is 4.53. The molecular formula is C13H18ClFN2O. The molecule has 0 aliphatic heterocycles. The largest absolute Gasteiger partial charge is 0.491 e. The fraction of sp³-hybridized carbons (Fsp3) is 0.462. The number of hydrogen-bond acceptors (Lipinski definition) is 2. The molecule has 0 saturated heterocycles. The van der Waals surface area contributed by atoms with Gasteiger partial charge < -0.3 is 10.5 Å². The van der Waals surface area contributed by atoms with Gasteiger partial charge in [-0.3, -0.25) is 0 Å². The number of nitrogens with two attached hydrogens (primary N) is 1. The van der Waals surface area contributed by atoms with Crippen LogP contribution in [0, 0.1) is 11.2 Å². The van der Waals surface area contributed by atoms with Gasteiger partial charge in [0, 0.05) is 0 Å². The molecule has 3 nitrogen and oxygen atoms in total. The van der Waals surface area contributed by atoms with E-state index < -0.39 is 5.82 Å². The van der Waals surface area contributed by atoms with Gasteiger partial charge in [-0.25, -0.2) is 9.38 Å². The first-order valence-corrected chi connectivity index (χ1v) is 6.17. The highest BCUT2D eigenvalue weighted by Gasteiger charge is 2.14. The molecule has 0 fully saturated rings. The number of alkyl halides is 1. The SMILES string of the molecule is CC(C)(C)COc1cccc(F)c1N=C(N)CCl. The number of rotatable bonds is 4. The van der Waals surface area contributed by atoms with Crippen molar-refractivity contribution in [1.82, 2.24) is 0 Å². The summed E-state index contributed by atoms with van der Waals surface area (Å²) in [5, 5.41) is 0. The summed E-state index contributed by atoms with van der Waals surface area (Å²) in [6.07, 6.45) is 0. The van der Waals surface area contributed by atoms with E-state index in [1.807, 2.05) is 20.8 Å². The summed E-state index contributed by atoms with van der Waals surface area (Å²) in [5.74, 6) is 0.0994. The van der Waals surface area contributed by atoms with Crippen molar-refractivity contribution < 1.29 is 9.13 Å². The van der Waals surface area contributed by atoms with Crippen molar-refractivity contribution in [2.75, 3.05) is 12.5 Å². The molecule has 0 atom stereocenters. The highest BCUT2D eigenvalue weighted by Crippen LogP contribution is 2.31. The van der Waals surface area contributed by atoms with Crippen LogP contribution in [0.4, 0.5) is 10.1 Å². The molecule has 5 heteroatoms. The lowest BCUT2D eigenvalue weighted by molar-refractivity contribution is 0.198. The molecule has 0 radical (unpaired) electrons. The second-order valence-corrected chi connectivity index (χ2v) is 5.44. The van der Waals surface area contributed by atoms with Gasteiger partial charge in [0.2, 0.25) is 0 Å². The van der Waals surface area contributed by atoms with Gasteiger partial charge in [-0.15, -0.1) is 11.6 Å². The van der Waals surface area contributed by atoms with Crippen LogP contribution in [0.2, 0.25) is 0 Å². The van der Waals surface area contributed by atoms with Crippen molar-refractivity contribution in [2.45, 2.75) is 20.8 Å². The monoisotopic (exact) mass is 272 g/mol. The van der Waals surface area contributed by atoms with E-state index in [-0.39, 0.29) is 22.8 Å². The highest BCUT2D eigenvalue weighted by molar-refractivity contribution is 6.28. The van der Waals surface area contributed by atoms with Crippen LogP contribution in [-0.4, -0.2) is 18.3 Å². The highest BCUT2D eigenvalue weighted by atomic mass is 35.5. The quantitative estimate of drug-likeness (QED) is 0.518. The average molecular weight is 273 g/mol. The Balaban J connectivity index is 3.01. The molecule has 0 aliphatic carbocycles. The fourth-order valence-corrected chi connectivity index (χ4v) is 1.25. The molecule has 0 unspecified atom stereocenters. The Morgan fingerprint density at radius 3 is 2.67 bits per heavy atom. The zero-order chi connectivity index (χ0) is 13.8. The zero-order valence-corrected chi connectivity index (χ0v) is 11.6. The van der Waals surface area contributed by atoms with Crippen LogP contribution in [0.5, 0.6) is 5.75 Å². The second kappa shape index (κ2) is 6.05. The molecule has 0 saturated carbocycles. The van der Waals surface area contributed by atoms with Crippen molar-refractivity contribution in [3.63, 3.8) is 0 Å². The predicted molar refractivity (Wildman–Crippen MR) is 73.4 cm³/mol. The molecule has 0 amide bonds. The van der Waals surface area contributed by atoms with Gasteiger partial charge >= 0.3 is 0 Å². The standard InChI is InChI=1S/C13H18ClFN2O/c1-13(2,3)8-18-10-6-4-5-9(15)12(10)17-11(16)7-14/h4-6H,7-8H2,1-3H3,(H2,16,17).